The molecule has 7 nitrogen and oxygen atoms in total. The van der Waals surface area contributed by atoms with Crippen LogP contribution in [0.5, 0.6) is 0 Å². The first-order valence-electron chi connectivity index (χ1n) is 12.5. The van der Waals surface area contributed by atoms with Gasteiger partial charge in [-0.3, -0.25) is 14.9 Å². The van der Waals surface area contributed by atoms with Crippen molar-refractivity contribution in [2.75, 3.05) is 33.2 Å². The molecule has 4 saturated heterocycles. The molecule has 0 aromatic rings. The summed E-state index contributed by atoms with van der Waals surface area (Å²) in [5.74, 6) is 1.20. The zero-order valence-corrected chi connectivity index (χ0v) is 20.1. The van der Waals surface area contributed by atoms with E-state index in [0.29, 0.717) is 36.0 Å². The standard InChI is InChI=1S/C23H38FN5O2S/c1-13-9-15(24)10-18-16(13)11-19(25-18)22(31)29-8-5-17-20(12-29)32-23(26-17)27-21(30)14-3-6-28(2)7-4-14/h13-20,23,25-26H,3-12H2,1-2H3,(H,27,30). The second-order valence-corrected chi connectivity index (χ2v) is 12.1. The minimum Gasteiger partial charge on any atom is -0.340 e. The number of likely N-dealkylation sites (tertiary alicyclic amines) is 2. The lowest BCUT2D eigenvalue weighted by Gasteiger charge is -2.35. The number of halogens is 1. The second-order valence-electron chi connectivity index (χ2n) is 10.8. The molecule has 1 saturated carbocycles. The first kappa shape index (κ1) is 22.9. The molecule has 32 heavy (non-hydrogen) atoms. The van der Waals surface area contributed by atoms with Crippen LogP contribution < -0.4 is 16.0 Å². The highest BCUT2D eigenvalue weighted by molar-refractivity contribution is 8.00. The highest BCUT2D eigenvalue weighted by atomic mass is 32.2. The molecular weight excluding hydrogens is 429 g/mol. The summed E-state index contributed by atoms with van der Waals surface area (Å²) >= 11 is 1.75. The van der Waals surface area contributed by atoms with Crippen LogP contribution in [0.15, 0.2) is 0 Å². The molecule has 2 amide bonds. The predicted molar refractivity (Wildman–Crippen MR) is 124 cm³/mol. The molecule has 8 unspecified atom stereocenters. The van der Waals surface area contributed by atoms with Gasteiger partial charge in [0.05, 0.1) is 6.04 Å². The molecule has 0 aromatic heterocycles. The zero-order valence-electron chi connectivity index (χ0n) is 19.3. The Morgan fingerprint density at radius 1 is 1.03 bits per heavy atom. The Morgan fingerprint density at radius 2 is 1.81 bits per heavy atom. The third-order valence-corrected chi connectivity index (χ3v) is 9.87. The second kappa shape index (κ2) is 9.39. The Hall–Kier alpha value is -0.900. The van der Waals surface area contributed by atoms with Gasteiger partial charge in [0.25, 0.3) is 0 Å². The molecule has 5 aliphatic rings. The molecule has 0 spiro atoms. The van der Waals surface area contributed by atoms with Gasteiger partial charge in [0.2, 0.25) is 11.8 Å². The van der Waals surface area contributed by atoms with Gasteiger partial charge in [0.15, 0.2) is 0 Å². The van der Waals surface area contributed by atoms with E-state index < -0.39 is 6.17 Å². The van der Waals surface area contributed by atoms with Crippen molar-refractivity contribution >= 4 is 23.6 Å². The van der Waals surface area contributed by atoms with Gasteiger partial charge in [-0.2, -0.15) is 0 Å². The van der Waals surface area contributed by atoms with Crippen molar-refractivity contribution in [2.24, 2.45) is 17.8 Å². The summed E-state index contributed by atoms with van der Waals surface area (Å²) in [6.07, 6.45) is 4.02. The van der Waals surface area contributed by atoms with E-state index >= 15 is 0 Å². The van der Waals surface area contributed by atoms with Crippen LogP contribution in [0.2, 0.25) is 0 Å². The van der Waals surface area contributed by atoms with Gasteiger partial charge in [-0.05, 0) is 70.5 Å². The third-order valence-electron chi connectivity index (χ3n) is 8.52. The lowest BCUT2D eigenvalue weighted by molar-refractivity contribution is -0.134. The van der Waals surface area contributed by atoms with Crippen LogP contribution in [0.1, 0.15) is 45.4 Å². The summed E-state index contributed by atoms with van der Waals surface area (Å²) in [6, 6.07) is 0.300. The quantitative estimate of drug-likeness (QED) is 0.578. The number of carbonyl (C=O) groups excluding carboxylic acids is 2. The predicted octanol–water partition coefficient (Wildman–Crippen LogP) is 1.15. The number of nitrogens with zero attached hydrogens (tertiary/aromatic N) is 2. The van der Waals surface area contributed by atoms with Gasteiger partial charge >= 0.3 is 0 Å². The first-order valence-corrected chi connectivity index (χ1v) is 13.4. The van der Waals surface area contributed by atoms with E-state index in [-0.39, 0.29) is 35.3 Å². The SMILES string of the molecule is CC1CC(F)CC2NC(C(=O)N3CCC4NC(NC(=O)C5CCN(C)CC5)SC4C3)CC12. The van der Waals surface area contributed by atoms with E-state index in [9.17, 15) is 14.0 Å². The van der Waals surface area contributed by atoms with E-state index in [1.165, 1.54) is 0 Å². The maximum Gasteiger partial charge on any atom is 0.239 e. The smallest absolute Gasteiger partial charge is 0.239 e. The van der Waals surface area contributed by atoms with Crippen molar-refractivity contribution < 1.29 is 14.0 Å². The fraction of sp³-hybridized carbons (Fsp3) is 0.913. The van der Waals surface area contributed by atoms with Crippen molar-refractivity contribution in [2.45, 2.75) is 80.5 Å². The molecule has 0 radical (unpaired) electrons. The highest BCUT2D eigenvalue weighted by Gasteiger charge is 2.47. The highest BCUT2D eigenvalue weighted by Crippen LogP contribution is 2.40. The maximum atomic E-state index is 14.0. The van der Waals surface area contributed by atoms with Gasteiger partial charge in [-0.25, -0.2) is 4.39 Å². The van der Waals surface area contributed by atoms with Crippen LogP contribution in [0.25, 0.3) is 0 Å². The van der Waals surface area contributed by atoms with Gasteiger partial charge in [0.1, 0.15) is 11.7 Å². The molecule has 3 N–H and O–H groups in total. The lowest BCUT2D eigenvalue weighted by Crippen LogP contribution is -2.54. The zero-order chi connectivity index (χ0) is 22.4. The van der Waals surface area contributed by atoms with E-state index in [0.717, 1.165) is 51.9 Å². The average Bonchev–Trinajstić information content (AvgIpc) is 3.36. The molecule has 0 aromatic carbocycles. The third kappa shape index (κ3) is 4.68. The Labute approximate surface area is 195 Å². The van der Waals surface area contributed by atoms with Crippen LogP contribution in [-0.4, -0.2) is 89.9 Å². The number of alkyl halides is 1. The number of fused-ring (bicyclic) bond motifs is 2. The van der Waals surface area contributed by atoms with Crippen molar-refractivity contribution in [3.63, 3.8) is 0 Å². The van der Waals surface area contributed by atoms with E-state index in [2.05, 4.69) is 34.8 Å². The van der Waals surface area contributed by atoms with Crippen molar-refractivity contribution in [1.82, 2.24) is 25.8 Å². The topological polar surface area (TPSA) is 76.7 Å². The Kier molecular flexibility index (Phi) is 6.71. The largest absolute Gasteiger partial charge is 0.340 e. The number of hydrogen-bond donors (Lipinski definition) is 3. The fourth-order valence-corrected chi connectivity index (χ4v) is 8.01. The first-order chi connectivity index (χ1) is 15.4. The van der Waals surface area contributed by atoms with E-state index in [4.69, 9.17) is 0 Å². The summed E-state index contributed by atoms with van der Waals surface area (Å²) in [6.45, 7) is 5.56. The molecule has 8 atom stereocenters. The van der Waals surface area contributed by atoms with Crippen LogP contribution in [0, 0.1) is 17.8 Å². The van der Waals surface area contributed by atoms with Gasteiger partial charge in [-0.1, -0.05) is 6.92 Å². The Morgan fingerprint density at radius 3 is 2.59 bits per heavy atom. The van der Waals surface area contributed by atoms with Gasteiger partial charge < -0.3 is 20.4 Å². The van der Waals surface area contributed by atoms with Crippen LogP contribution in [0.3, 0.4) is 0 Å². The molecular formula is C23H38FN5O2S. The molecule has 5 rings (SSSR count). The molecule has 4 aliphatic heterocycles. The van der Waals surface area contributed by atoms with Crippen molar-refractivity contribution in [1.29, 1.82) is 0 Å². The van der Waals surface area contributed by atoms with Crippen LogP contribution in [0.4, 0.5) is 4.39 Å². The van der Waals surface area contributed by atoms with E-state index in [1.54, 1.807) is 11.8 Å². The van der Waals surface area contributed by atoms with Gasteiger partial charge in [-0.15, -0.1) is 11.8 Å². The Bertz CT molecular complexity index is 721. The summed E-state index contributed by atoms with van der Waals surface area (Å²) in [5, 5.41) is 10.6. The molecule has 1 aliphatic carbocycles. The normalized spacial score (nSPS) is 43.0. The number of thioether (sulfide) groups is 1. The Balaban J connectivity index is 1.12. The summed E-state index contributed by atoms with van der Waals surface area (Å²) < 4.78 is 14.0. The molecule has 9 heteroatoms. The maximum absolute atomic E-state index is 14.0. The minimum absolute atomic E-state index is 0.0676. The van der Waals surface area contributed by atoms with Crippen molar-refractivity contribution in [3.8, 4) is 0 Å². The molecule has 4 heterocycles. The lowest BCUT2D eigenvalue weighted by atomic mass is 9.76. The minimum atomic E-state index is -0.744. The number of nitrogens with one attached hydrogen (secondary N) is 3. The number of rotatable bonds is 3. The summed E-state index contributed by atoms with van der Waals surface area (Å²) in [5.41, 5.74) is -0.0676. The van der Waals surface area contributed by atoms with E-state index in [1.807, 2.05) is 4.90 Å². The summed E-state index contributed by atoms with van der Waals surface area (Å²) in [4.78, 5) is 30.3. The van der Waals surface area contributed by atoms with Crippen LogP contribution >= 0.6 is 11.8 Å². The van der Waals surface area contributed by atoms with Crippen LogP contribution in [-0.2, 0) is 9.59 Å². The van der Waals surface area contributed by atoms with Crippen molar-refractivity contribution in [3.05, 3.63) is 0 Å². The fourth-order valence-electron chi connectivity index (χ4n) is 6.55. The number of carbonyl (C=O) groups is 2. The molecule has 5 fully saturated rings. The number of hydrogen-bond acceptors (Lipinski definition) is 6. The monoisotopic (exact) mass is 467 g/mol. The average molecular weight is 468 g/mol. The number of amides is 2. The molecule has 0 bridgehead atoms. The van der Waals surface area contributed by atoms with Gasteiger partial charge in [0, 0.05) is 36.3 Å². The molecule has 180 valence electrons. The summed E-state index contributed by atoms with van der Waals surface area (Å²) in [7, 11) is 2.10. The number of piperidine rings is 2.